The number of hydrazone groups is 1. The van der Waals surface area contributed by atoms with Crippen LogP contribution >= 0.6 is 0 Å². The van der Waals surface area contributed by atoms with Crippen LogP contribution in [-0.2, 0) is 11.3 Å². The number of carbonyl (C=O) groups is 1. The molecule has 1 aliphatic heterocycles. The fourth-order valence-corrected chi connectivity index (χ4v) is 3.06. The molecule has 0 saturated heterocycles. The standard InChI is InChI=1S/C18H16N4O/c19-17(23)10-15-18-13-8-4-5-9-14(13)20-16(18)11-22(21-15)12-6-2-1-3-7-12/h1-9,20H,10-11H2,(H2,19,23). The van der Waals surface area contributed by atoms with Crippen LogP contribution < -0.4 is 10.7 Å². The number of carbonyl (C=O) groups excluding carboxylic acids is 1. The summed E-state index contributed by atoms with van der Waals surface area (Å²) in [7, 11) is 0. The van der Waals surface area contributed by atoms with E-state index < -0.39 is 0 Å². The lowest BCUT2D eigenvalue weighted by molar-refractivity contribution is -0.116. The van der Waals surface area contributed by atoms with Crippen molar-refractivity contribution in [1.82, 2.24) is 4.98 Å². The summed E-state index contributed by atoms with van der Waals surface area (Å²) in [6, 6.07) is 18.0. The van der Waals surface area contributed by atoms with E-state index in [9.17, 15) is 4.79 Å². The molecule has 114 valence electrons. The molecule has 3 N–H and O–H groups in total. The summed E-state index contributed by atoms with van der Waals surface area (Å²) in [5.41, 5.74) is 10.2. The molecular weight excluding hydrogens is 288 g/mol. The van der Waals surface area contributed by atoms with Crippen LogP contribution in [0.15, 0.2) is 59.7 Å². The van der Waals surface area contributed by atoms with E-state index in [1.807, 2.05) is 59.6 Å². The molecule has 2 aromatic carbocycles. The van der Waals surface area contributed by atoms with Gasteiger partial charge in [0.25, 0.3) is 0 Å². The zero-order valence-corrected chi connectivity index (χ0v) is 12.5. The SMILES string of the molecule is NC(=O)CC1=NN(c2ccccc2)Cc2[nH]c3ccccc3c21. The molecule has 4 rings (SSSR count). The number of primary amides is 1. The average molecular weight is 304 g/mol. The molecule has 1 amide bonds. The summed E-state index contributed by atoms with van der Waals surface area (Å²) in [5.74, 6) is -0.380. The number of amides is 1. The third kappa shape index (κ3) is 2.36. The molecule has 0 aliphatic carbocycles. The number of hydrogen-bond donors (Lipinski definition) is 2. The van der Waals surface area contributed by atoms with Crippen LogP contribution in [0.4, 0.5) is 5.69 Å². The average Bonchev–Trinajstić information content (AvgIpc) is 2.93. The lowest BCUT2D eigenvalue weighted by Gasteiger charge is -2.25. The van der Waals surface area contributed by atoms with Gasteiger partial charge in [-0.15, -0.1) is 0 Å². The number of para-hydroxylation sites is 2. The second kappa shape index (κ2) is 5.28. The van der Waals surface area contributed by atoms with Gasteiger partial charge in [0.2, 0.25) is 5.91 Å². The van der Waals surface area contributed by atoms with Crippen LogP contribution in [0, 0.1) is 0 Å². The number of rotatable bonds is 3. The highest BCUT2D eigenvalue weighted by Gasteiger charge is 2.25. The Morgan fingerprint density at radius 1 is 1.13 bits per heavy atom. The van der Waals surface area contributed by atoms with Crippen molar-refractivity contribution in [2.75, 3.05) is 5.01 Å². The minimum Gasteiger partial charge on any atom is -0.369 e. The maximum atomic E-state index is 11.5. The van der Waals surface area contributed by atoms with Crippen molar-refractivity contribution >= 4 is 28.2 Å². The Morgan fingerprint density at radius 2 is 1.87 bits per heavy atom. The molecule has 0 spiro atoms. The molecule has 1 aromatic heterocycles. The van der Waals surface area contributed by atoms with Crippen LogP contribution in [0.5, 0.6) is 0 Å². The predicted octanol–water partition coefficient (Wildman–Crippen LogP) is 2.77. The van der Waals surface area contributed by atoms with E-state index in [1.165, 1.54) is 0 Å². The van der Waals surface area contributed by atoms with Gasteiger partial charge in [0, 0.05) is 22.2 Å². The quantitative estimate of drug-likeness (QED) is 0.780. The van der Waals surface area contributed by atoms with Crippen molar-refractivity contribution in [3.8, 4) is 0 Å². The molecule has 0 unspecified atom stereocenters. The van der Waals surface area contributed by atoms with E-state index in [4.69, 9.17) is 5.73 Å². The molecule has 2 heterocycles. The number of aromatic amines is 1. The molecule has 5 nitrogen and oxygen atoms in total. The first-order valence-corrected chi connectivity index (χ1v) is 7.50. The monoisotopic (exact) mass is 304 g/mol. The van der Waals surface area contributed by atoms with E-state index in [2.05, 4.69) is 10.1 Å². The third-order valence-electron chi connectivity index (χ3n) is 4.02. The third-order valence-corrected chi connectivity index (χ3v) is 4.02. The summed E-state index contributed by atoms with van der Waals surface area (Å²) in [6.07, 6.45) is 0.123. The van der Waals surface area contributed by atoms with Gasteiger partial charge in [-0.2, -0.15) is 5.10 Å². The molecule has 0 fully saturated rings. The van der Waals surface area contributed by atoms with Gasteiger partial charge in [0.05, 0.1) is 24.4 Å². The minimum atomic E-state index is -0.380. The first kappa shape index (κ1) is 13.6. The van der Waals surface area contributed by atoms with Gasteiger partial charge in [0.15, 0.2) is 0 Å². The number of nitrogens with two attached hydrogens (primary N) is 1. The van der Waals surface area contributed by atoms with E-state index in [-0.39, 0.29) is 12.3 Å². The molecular formula is C18H16N4O. The molecule has 5 heteroatoms. The maximum absolute atomic E-state index is 11.5. The zero-order chi connectivity index (χ0) is 15.8. The van der Waals surface area contributed by atoms with Crippen LogP contribution in [0.2, 0.25) is 0 Å². The Kier molecular flexibility index (Phi) is 3.12. The Balaban J connectivity index is 1.87. The Morgan fingerprint density at radius 3 is 2.65 bits per heavy atom. The molecule has 1 aliphatic rings. The second-order valence-electron chi connectivity index (χ2n) is 5.61. The Bertz CT molecular complexity index is 911. The normalized spacial score (nSPS) is 13.7. The number of hydrogen-bond acceptors (Lipinski definition) is 3. The fourth-order valence-electron chi connectivity index (χ4n) is 3.06. The smallest absolute Gasteiger partial charge is 0.223 e. The molecule has 0 saturated carbocycles. The predicted molar refractivity (Wildman–Crippen MR) is 91.3 cm³/mol. The molecule has 0 radical (unpaired) electrons. The second-order valence-corrected chi connectivity index (χ2v) is 5.61. The number of aromatic nitrogens is 1. The van der Waals surface area contributed by atoms with Crippen molar-refractivity contribution in [2.45, 2.75) is 13.0 Å². The lowest BCUT2D eigenvalue weighted by atomic mass is 10.0. The number of H-pyrrole nitrogens is 1. The molecule has 0 atom stereocenters. The van der Waals surface area contributed by atoms with Gasteiger partial charge in [-0.05, 0) is 18.2 Å². The Hall–Kier alpha value is -3.08. The van der Waals surface area contributed by atoms with Crippen LogP contribution in [0.1, 0.15) is 17.7 Å². The first-order valence-electron chi connectivity index (χ1n) is 7.50. The van der Waals surface area contributed by atoms with Crippen LogP contribution in [0.3, 0.4) is 0 Å². The van der Waals surface area contributed by atoms with Gasteiger partial charge >= 0.3 is 0 Å². The summed E-state index contributed by atoms with van der Waals surface area (Å²) < 4.78 is 0. The van der Waals surface area contributed by atoms with Gasteiger partial charge in [0.1, 0.15) is 0 Å². The fraction of sp³-hybridized carbons (Fsp3) is 0.111. The Labute approximate surface area is 133 Å². The number of anilines is 1. The number of nitrogens with zero attached hydrogens (tertiary/aromatic N) is 2. The van der Waals surface area contributed by atoms with Gasteiger partial charge in [-0.25, -0.2) is 0 Å². The maximum Gasteiger partial charge on any atom is 0.223 e. The van der Waals surface area contributed by atoms with E-state index in [1.54, 1.807) is 0 Å². The van der Waals surface area contributed by atoms with E-state index >= 15 is 0 Å². The molecule has 23 heavy (non-hydrogen) atoms. The van der Waals surface area contributed by atoms with E-state index in [0.29, 0.717) is 12.3 Å². The highest BCUT2D eigenvalue weighted by atomic mass is 16.1. The van der Waals surface area contributed by atoms with Crippen molar-refractivity contribution in [1.29, 1.82) is 0 Å². The minimum absolute atomic E-state index is 0.123. The summed E-state index contributed by atoms with van der Waals surface area (Å²) in [6.45, 7) is 0.635. The van der Waals surface area contributed by atoms with Crippen LogP contribution in [0.25, 0.3) is 10.9 Å². The van der Waals surface area contributed by atoms with E-state index in [0.717, 1.165) is 27.8 Å². The summed E-state index contributed by atoms with van der Waals surface area (Å²) in [4.78, 5) is 14.9. The van der Waals surface area contributed by atoms with Crippen molar-refractivity contribution in [3.63, 3.8) is 0 Å². The van der Waals surface area contributed by atoms with Crippen molar-refractivity contribution < 1.29 is 4.79 Å². The number of benzene rings is 2. The zero-order valence-electron chi connectivity index (χ0n) is 12.5. The van der Waals surface area contributed by atoms with Crippen molar-refractivity contribution in [2.24, 2.45) is 10.8 Å². The van der Waals surface area contributed by atoms with Crippen molar-refractivity contribution in [3.05, 3.63) is 65.9 Å². The molecule has 0 bridgehead atoms. The lowest BCUT2D eigenvalue weighted by Crippen LogP contribution is -2.28. The van der Waals surface area contributed by atoms with Gasteiger partial charge < -0.3 is 10.7 Å². The topological polar surface area (TPSA) is 74.5 Å². The first-order chi connectivity index (χ1) is 11.2. The number of nitrogens with one attached hydrogen (secondary N) is 1. The summed E-state index contributed by atoms with van der Waals surface area (Å²) in [5, 5.41) is 7.66. The van der Waals surface area contributed by atoms with Gasteiger partial charge in [-0.3, -0.25) is 9.80 Å². The highest BCUT2D eigenvalue weighted by Crippen LogP contribution is 2.30. The molecule has 3 aromatic rings. The largest absolute Gasteiger partial charge is 0.369 e. The van der Waals surface area contributed by atoms with Gasteiger partial charge in [-0.1, -0.05) is 36.4 Å². The number of fused-ring (bicyclic) bond motifs is 3. The highest BCUT2D eigenvalue weighted by molar-refractivity contribution is 6.18. The summed E-state index contributed by atoms with van der Waals surface area (Å²) >= 11 is 0. The van der Waals surface area contributed by atoms with Crippen LogP contribution in [-0.4, -0.2) is 16.6 Å².